The van der Waals surface area contributed by atoms with Gasteiger partial charge in [-0.05, 0) is 42.2 Å². The molecule has 1 N–H and O–H groups in total. The highest BCUT2D eigenvalue weighted by atomic mass is 16.6. The zero-order chi connectivity index (χ0) is 24.2. The van der Waals surface area contributed by atoms with Gasteiger partial charge < -0.3 is 19.5 Å². The fraction of sp³-hybridized carbons (Fsp3) is 0.360. The van der Waals surface area contributed by atoms with E-state index >= 15 is 0 Å². The summed E-state index contributed by atoms with van der Waals surface area (Å²) in [4.78, 5) is 51.4. The first-order chi connectivity index (χ1) is 16.4. The average molecular weight is 466 g/mol. The van der Waals surface area contributed by atoms with Gasteiger partial charge in [-0.15, -0.1) is 0 Å². The molecule has 0 fully saturated rings. The molecule has 0 aromatic heterocycles. The predicted octanol–water partition coefficient (Wildman–Crippen LogP) is 1.98. The van der Waals surface area contributed by atoms with Gasteiger partial charge in [0.05, 0.1) is 11.1 Å². The molecule has 2 aliphatic rings. The number of hydrogen-bond acceptors (Lipinski definition) is 7. The molecular weight excluding hydrogens is 440 g/mol. The Morgan fingerprint density at radius 2 is 1.65 bits per heavy atom. The van der Waals surface area contributed by atoms with E-state index in [-0.39, 0.29) is 11.1 Å². The molecule has 34 heavy (non-hydrogen) atoms. The minimum absolute atomic E-state index is 0.253. The highest BCUT2D eigenvalue weighted by molar-refractivity contribution is 6.22. The van der Waals surface area contributed by atoms with Crippen LogP contribution in [0.4, 0.5) is 0 Å². The maximum absolute atomic E-state index is 12.8. The smallest absolute Gasteiger partial charge is 0.330 e. The summed E-state index contributed by atoms with van der Waals surface area (Å²) in [6.45, 7) is 4.27. The first-order valence-corrected chi connectivity index (χ1v) is 11.2. The maximum atomic E-state index is 12.8. The van der Waals surface area contributed by atoms with Crippen molar-refractivity contribution in [1.82, 2.24) is 10.2 Å². The van der Waals surface area contributed by atoms with Gasteiger partial charge in [-0.3, -0.25) is 19.3 Å². The van der Waals surface area contributed by atoms with E-state index in [4.69, 9.17) is 14.2 Å². The molecule has 3 amide bonds. The molecule has 0 unspecified atom stereocenters. The lowest BCUT2D eigenvalue weighted by atomic mass is 10.0. The summed E-state index contributed by atoms with van der Waals surface area (Å²) in [5.74, 6) is -1.38. The van der Waals surface area contributed by atoms with Crippen LogP contribution in [0.3, 0.4) is 0 Å². The Morgan fingerprint density at radius 1 is 1.00 bits per heavy atom. The molecule has 0 saturated heterocycles. The SMILES string of the molecule is CC(C)[C@@H](C(=O)OCC(=O)NCCc1ccc2c(c1)OCCO2)N1C(=O)c2ccccc2C1=O. The maximum Gasteiger partial charge on any atom is 0.330 e. The van der Waals surface area contributed by atoms with E-state index in [1.807, 2.05) is 18.2 Å². The van der Waals surface area contributed by atoms with Crippen molar-refractivity contribution < 1.29 is 33.4 Å². The summed E-state index contributed by atoms with van der Waals surface area (Å²) in [7, 11) is 0. The van der Waals surface area contributed by atoms with E-state index in [0.717, 1.165) is 10.5 Å². The number of ether oxygens (including phenoxy) is 3. The molecule has 4 rings (SSSR count). The molecule has 178 valence electrons. The number of amides is 3. The van der Waals surface area contributed by atoms with Crippen molar-refractivity contribution in [2.24, 2.45) is 5.92 Å². The molecule has 0 aliphatic carbocycles. The molecule has 1 atom stereocenters. The molecule has 0 saturated carbocycles. The van der Waals surface area contributed by atoms with Gasteiger partial charge in [0, 0.05) is 6.54 Å². The van der Waals surface area contributed by atoms with Gasteiger partial charge in [0.15, 0.2) is 18.1 Å². The van der Waals surface area contributed by atoms with Crippen molar-refractivity contribution in [2.75, 3.05) is 26.4 Å². The number of rotatable bonds is 8. The lowest BCUT2D eigenvalue weighted by molar-refractivity contribution is -0.153. The number of imide groups is 1. The third-order valence-corrected chi connectivity index (χ3v) is 5.66. The minimum Gasteiger partial charge on any atom is -0.486 e. The molecule has 0 spiro atoms. The van der Waals surface area contributed by atoms with Crippen molar-refractivity contribution in [2.45, 2.75) is 26.3 Å². The average Bonchev–Trinajstić information content (AvgIpc) is 3.08. The van der Waals surface area contributed by atoms with Crippen LogP contribution >= 0.6 is 0 Å². The second kappa shape index (κ2) is 9.94. The monoisotopic (exact) mass is 466 g/mol. The van der Waals surface area contributed by atoms with Crippen LogP contribution in [0.2, 0.25) is 0 Å². The predicted molar refractivity (Wildman–Crippen MR) is 121 cm³/mol. The fourth-order valence-electron chi connectivity index (χ4n) is 4.00. The molecule has 0 bridgehead atoms. The van der Waals surface area contributed by atoms with Crippen LogP contribution in [-0.4, -0.2) is 61.0 Å². The van der Waals surface area contributed by atoms with Gasteiger partial charge in [-0.25, -0.2) is 4.79 Å². The number of carbonyl (C=O) groups excluding carboxylic acids is 4. The number of benzene rings is 2. The highest BCUT2D eigenvalue weighted by Crippen LogP contribution is 2.31. The van der Waals surface area contributed by atoms with Gasteiger partial charge in [0.1, 0.15) is 19.3 Å². The molecule has 2 heterocycles. The van der Waals surface area contributed by atoms with Crippen molar-refractivity contribution in [3.05, 3.63) is 59.2 Å². The van der Waals surface area contributed by atoms with Crippen molar-refractivity contribution >= 4 is 23.7 Å². The number of carbonyl (C=O) groups is 4. The van der Waals surface area contributed by atoms with Crippen LogP contribution in [0, 0.1) is 5.92 Å². The van der Waals surface area contributed by atoms with Gasteiger partial charge in [0.2, 0.25) is 0 Å². The van der Waals surface area contributed by atoms with Gasteiger partial charge in [-0.2, -0.15) is 0 Å². The zero-order valence-electron chi connectivity index (χ0n) is 19.0. The van der Waals surface area contributed by atoms with E-state index < -0.39 is 42.3 Å². The summed E-state index contributed by atoms with van der Waals surface area (Å²) in [6.07, 6.45) is 0.556. The Hall–Kier alpha value is -3.88. The number of hydrogen-bond donors (Lipinski definition) is 1. The lowest BCUT2D eigenvalue weighted by Gasteiger charge is -2.27. The quantitative estimate of drug-likeness (QED) is 0.468. The Bertz CT molecular complexity index is 1090. The minimum atomic E-state index is -1.13. The van der Waals surface area contributed by atoms with Gasteiger partial charge in [0.25, 0.3) is 17.7 Å². The number of nitrogens with zero attached hydrogens (tertiary/aromatic N) is 1. The van der Waals surface area contributed by atoms with Gasteiger partial charge >= 0.3 is 5.97 Å². The molecular formula is C25H26N2O7. The molecule has 2 aromatic carbocycles. The van der Waals surface area contributed by atoms with Crippen LogP contribution < -0.4 is 14.8 Å². The first kappa shape index (κ1) is 23.3. The van der Waals surface area contributed by atoms with E-state index in [0.29, 0.717) is 37.7 Å². The second-order valence-corrected chi connectivity index (χ2v) is 8.40. The number of fused-ring (bicyclic) bond motifs is 2. The molecule has 9 nitrogen and oxygen atoms in total. The van der Waals surface area contributed by atoms with E-state index in [2.05, 4.69) is 5.32 Å². The zero-order valence-corrected chi connectivity index (χ0v) is 19.0. The first-order valence-electron chi connectivity index (χ1n) is 11.2. The summed E-state index contributed by atoms with van der Waals surface area (Å²) in [5.41, 5.74) is 1.47. The van der Waals surface area contributed by atoms with Gasteiger partial charge in [-0.1, -0.05) is 32.0 Å². The van der Waals surface area contributed by atoms with E-state index in [9.17, 15) is 19.2 Å². The standard InChI is InChI=1S/C25H26N2O7/c1-15(2)22(27-23(29)17-5-3-4-6-18(17)24(27)30)25(31)34-14-21(28)26-10-9-16-7-8-19-20(13-16)33-12-11-32-19/h3-8,13,15,22H,9-12,14H2,1-2H3,(H,26,28)/t22-/m0/s1. The topological polar surface area (TPSA) is 111 Å². The molecule has 2 aromatic rings. The Kier molecular flexibility index (Phi) is 6.81. The molecule has 9 heteroatoms. The summed E-state index contributed by atoms with van der Waals surface area (Å²) >= 11 is 0. The third-order valence-electron chi connectivity index (χ3n) is 5.66. The van der Waals surface area contributed by atoms with E-state index in [1.54, 1.807) is 38.1 Å². The summed E-state index contributed by atoms with van der Waals surface area (Å²) < 4.78 is 16.2. The van der Waals surface area contributed by atoms with Crippen LogP contribution in [0.1, 0.15) is 40.1 Å². The third kappa shape index (κ3) is 4.73. The number of esters is 1. The summed E-state index contributed by atoms with van der Waals surface area (Å²) in [6, 6.07) is 10.9. The van der Waals surface area contributed by atoms with Crippen LogP contribution in [0.5, 0.6) is 11.5 Å². The normalized spacial score (nSPS) is 15.2. The fourth-order valence-corrected chi connectivity index (χ4v) is 4.00. The van der Waals surface area contributed by atoms with Crippen LogP contribution in [-0.2, 0) is 20.7 Å². The van der Waals surface area contributed by atoms with Crippen LogP contribution in [0.25, 0.3) is 0 Å². The van der Waals surface area contributed by atoms with Crippen molar-refractivity contribution in [3.63, 3.8) is 0 Å². The largest absolute Gasteiger partial charge is 0.486 e. The number of nitrogens with one attached hydrogen (secondary N) is 1. The molecule has 2 aliphatic heterocycles. The second-order valence-electron chi connectivity index (χ2n) is 8.40. The Balaban J connectivity index is 1.29. The van der Waals surface area contributed by atoms with Crippen molar-refractivity contribution in [3.8, 4) is 11.5 Å². The van der Waals surface area contributed by atoms with Crippen molar-refractivity contribution in [1.29, 1.82) is 0 Å². The Morgan fingerprint density at radius 3 is 2.29 bits per heavy atom. The summed E-state index contributed by atoms with van der Waals surface area (Å²) in [5, 5.41) is 2.70. The molecule has 0 radical (unpaired) electrons. The Labute approximate surface area is 197 Å². The highest BCUT2D eigenvalue weighted by Gasteiger charge is 2.44. The lowest BCUT2D eigenvalue weighted by Crippen LogP contribution is -2.49. The van der Waals surface area contributed by atoms with Crippen LogP contribution in [0.15, 0.2) is 42.5 Å². The van der Waals surface area contributed by atoms with E-state index in [1.165, 1.54) is 0 Å².